The Morgan fingerprint density at radius 2 is 1.91 bits per heavy atom. The van der Waals surface area contributed by atoms with E-state index in [0.717, 1.165) is 28.5 Å². The Labute approximate surface area is 203 Å². The molecular weight excluding hydrogens is 566 g/mol. The van der Waals surface area contributed by atoms with Gasteiger partial charge in [-0.15, -0.1) is 0 Å². The number of aromatic nitrogens is 3. The number of nitrogens with zero attached hydrogens (tertiary/aromatic N) is 3. The average molecular weight is 583 g/mol. The summed E-state index contributed by atoms with van der Waals surface area (Å²) < 4.78 is 43.2. The molecule has 2 aromatic carbocycles. The molecule has 0 amide bonds. The molecule has 1 N–H and O–H groups in total. The summed E-state index contributed by atoms with van der Waals surface area (Å²) in [5.41, 5.74) is 3.63. The predicted molar refractivity (Wildman–Crippen MR) is 132 cm³/mol. The van der Waals surface area contributed by atoms with Gasteiger partial charge in [0.05, 0.1) is 10.5 Å². The van der Waals surface area contributed by atoms with Gasteiger partial charge in [0.15, 0.2) is 15.5 Å². The van der Waals surface area contributed by atoms with Gasteiger partial charge in [-0.3, -0.25) is 4.72 Å². The van der Waals surface area contributed by atoms with Gasteiger partial charge in [0.1, 0.15) is 4.90 Å². The van der Waals surface area contributed by atoms with Gasteiger partial charge < -0.3 is 0 Å². The lowest BCUT2D eigenvalue weighted by atomic mass is 9.98. The predicted octanol–water partition coefficient (Wildman–Crippen LogP) is 5.76. The molecule has 4 aromatic rings. The molecule has 0 bridgehead atoms. The second kappa shape index (κ2) is 8.87. The molecular formula is C22H17ClFIN4O2S. The second-order valence-corrected chi connectivity index (χ2v) is 10.1. The molecule has 0 aliphatic heterocycles. The number of hydrogen-bond donors (Lipinski definition) is 1. The minimum absolute atomic E-state index is 0.0360. The van der Waals surface area contributed by atoms with Gasteiger partial charge >= 0.3 is 0 Å². The van der Waals surface area contributed by atoms with Crippen LogP contribution in [-0.4, -0.2) is 23.4 Å². The summed E-state index contributed by atoms with van der Waals surface area (Å²) in [5, 5.41) is 0.872. The maximum atomic E-state index is 15.0. The fraction of sp³-hybridized carbons (Fsp3) is 0.136. The van der Waals surface area contributed by atoms with Crippen LogP contribution in [-0.2, 0) is 16.4 Å². The highest BCUT2D eigenvalue weighted by Gasteiger charge is 2.21. The first kappa shape index (κ1) is 22.8. The van der Waals surface area contributed by atoms with Gasteiger partial charge in [-0.05, 0) is 54.8 Å². The van der Waals surface area contributed by atoms with E-state index in [2.05, 4.69) is 42.3 Å². The molecule has 0 spiro atoms. The van der Waals surface area contributed by atoms with Crippen molar-refractivity contribution >= 4 is 60.9 Å². The smallest absolute Gasteiger partial charge is 0.261 e. The van der Waals surface area contributed by atoms with Crippen molar-refractivity contribution in [3.05, 3.63) is 74.6 Å². The lowest BCUT2D eigenvalue weighted by molar-refractivity contribution is 0.597. The molecule has 0 saturated carbocycles. The summed E-state index contributed by atoms with van der Waals surface area (Å²) >= 11 is 8.06. The summed E-state index contributed by atoms with van der Waals surface area (Å²) in [4.78, 5) is 12.8. The molecule has 32 heavy (non-hydrogen) atoms. The van der Waals surface area contributed by atoms with Crippen molar-refractivity contribution in [3.63, 3.8) is 0 Å². The van der Waals surface area contributed by atoms with Crippen LogP contribution >= 0.6 is 34.2 Å². The van der Waals surface area contributed by atoms with Gasteiger partial charge in [-0.25, -0.2) is 27.8 Å². The van der Waals surface area contributed by atoms with Gasteiger partial charge in [0, 0.05) is 45.4 Å². The third-order valence-corrected chi connectivity index (χ3v) is 7.31. The fourth-order valence-corrected chi connectivity index (χ4v) is 5.32. The van der Waals surface area contributed by atoms with Crippen molar-refractivity contribution in [3.8, 4) is 11.1 Å². The van der Waals surface area contributed by atoms with E-state index in [0.29, 0.717) is 15.1 Å². The van der Waals surface area contributed by atoms with E-state index < -0.39 is 15.8 Å². The number of aryl methyl sites for hydroxylation is 2. The molecule has 164 valence electrons. The van der Waals surface area contributed by atoms with E-state index in [-0.39, 0.29) is 15.7 Å². The number of fused-ring (bicyclic) bond motifs is 1. The fourth-order valence-electron chi connectivity index (χ4n) is 3.41. The number of benzene rings is 2. The van der Waals surface area contributed by atoms with Crippen molar-refractivity contribution in [1.29, 1.82) is 0 Å². The topological polar surface area (TPSA) is 84.8 Å². The van der Waals surface area contributed by atoms with E-state index >= 15 is 0 Å². The van der Waals surface area contributed by atoms with Crippen LogP contribution in [0.2, 0.25) is 5.02 Å². The Kier molecular flexibility index (Phi) is 6.33. The molecule has 6 nitrogen and oxygen atoms in total. The standard InChI is InChI=1S/C22H17ClFIN4O2S/c1-3-13-8-14(9-15-11-26-22(25)28-20(13)15)16-10-18(24)21(27-12(16)2)29-32(30,31)19-7-5-4-6-17(19)23/h4-11H,3H2,1-2H3,(H,27,29). The van der Waals surface area contributed by atoms with Crippen molar-refractivity contribution in [2.45, 2.75) is 25.2 Å². The highest BCUT2D eigenvalue weighted by Crippen LogP contribution is 2.32. The van der Waals surface area contributed by atoms with Crippen molar-refractivity contribution in [2.24, 2.45) is 0 Å². The van der Waals surface area contributed by atoms with Crippen LogP contribution in [0.1, 0.15) is 18.2 Å². The zero-order valence-corrected chi connectivity index (χ0v) is 20.8. The maximum absolute atomic E-state index is 15.0. The Morgan fingerprint density at radius 3 is 2.62 bits per heavy atom. The molecule has 0 unspecified atom stereocenters. The van der Waals surface area contributed by atoms with Crippen molar-refractivity contribution in [1.82, 2.24) is 15.0 Å². The quantitative estimate of drug-likeness (QED) is 0.239. The van der Waals surface area contributed by atoms with Crippen molar-refractivity contribution < 1.29 is 12.8 Å². The van der Waals surface area contributed by atoms with E-state index in [1.807, 2.05) is 19.1 Å². The Hall–Kier alpha value is -2.37. The lowest BCUT2D eigenvalue weighted by Gasteiger charge is -2.14. The summed E-state index contributed by atoms with van der Waals surface area (Å²) in [7, 11) is -4.11. The van der Waals surface area contributed by atoms with E-state index in [4.69, 9.17) is 11.6 Å². The minimum Gasteiger partial charge on any atom is -0.261 e. The lowest BCUT2D eigenvalue weighted by Crippen LogP contribution is -2.16. The molecule has 10 heteroatoms. The SMILES string of the molecule is CCc1cc(-c2cc(F)c(NS(=O)(=O)c3ccccc3Cl)nc2C)cc2cnc(I)nc12. The monoisotopic (exact) mass is 582 g/mol. The van der Waals surface area contributed by atoms with Crippen LogP contribution in [0.25, 0.3) is 22.0 Å². The Bertz CT molecular complexity index is 1460. The first-order valence-electron chi connectivity index (χ1n) is 9.59. The minimum atomic E-state index is -4.11. The van der Waals surface area contributed by atoms with E-state index in [1.165, 1.54) is 24.3 Å². The number of sulfonamides is 1. The van der Waals surface area contributed by atoms with Crippen LogP contribution in [0.5, 0.6) is 0 Å². The molecule has 0 aliphatic carbocycles. The normalized spacial score (nSPS) is 11.7. The third kappa shape index (κ3) is 4.41. The van der Waals surface area contributed by atoms with E-state index in [9.17, 15) is 12.8 Å². The first-order valence-corrected chi connectivity index (χ1v) is 12.5. The second-order valence-electron chi connectivity index (χ2n) is 7.05. The first-order chi connectivity index (χ1) is 15.2. The molecule has 0 atom stereocenters. The number of rotatable bonds is 5. The number of anilines is 1. The molecule has 4 rings (SSSR count). The summed E-state index contributed by atoms with van der Waals surface area (Å²) in [6.07, 6.45) is 2.47. The highest BCUT2D eigenvalue weighted by molar-refractivity contribution is 14.1. The molecule has 0 saturated heterocycles. The maximum Gasteiger partial charge on any atom is 0.264 e. The molecule has 2 aromatic heterocycles. The van der Waals surface area contributed by atoms with Gasteiger partial charge in [0.25, 0.3) is 10.0 Å². The van der Waals surface area contributed by atoms with E-state index in [1.54, 1.807) is 19.2 Å². The summed E-state index contributed by atoms with van der Waals surface area (Å²) in [6, 6.07) is 11.0. The zero-order valence-electron chi connectivity index (χ0n) is 17.0. The number of hydrogen-bond acceptors (Lipinski definition) is 5. The van der Waals surface area contributed by atoms with Gasteiger partial charge in [0.2, 0.25) is 0 Å². The van der Waals surface area contributed by atoms with Gasteiger partial charge in [-0.1, -0.05) is 30.7 Å². The number of nitrogens with one attached hydrogen (secondary N) is 1. The number of halogens is 3. The van der Waals surface area contributed by atoms with Crippen LogP contribution in [0, 0.1) is 16.6 Å². The third-order valence-electron chi connectivity index (χ3n) is 4.95. The van der Waals surface area contributed by atoms with Crippen LogP contribution in [0.4, 0.5) is 10.2 Å². The number of pyridine rings is 1. The highest BCUT2D eigenvalue weighted by atomic mass is 127. The molecule has 2 heterocycles. The van der Waals surface area contributed by atoms with Crippen molar-refractivity contribution in [2.75, 3.05) is 4.72 Å². The van der Waals surface area contributed by atoms with Crippen LogP contribution < -0.4 is 4.72 Å². The largest absolute Gasteiger partial charge is 0.264 e. The summed E-state index contributed by atoms with van der Waals surface area (Å²) in [6.45, 7) is 3.72. The van der Waals surface area contributed by atoms with Gasteiger partial charge in [-0.2, -0.15) is 0 Å². The van der Waals surface area contributed by atoms with Crippen LogP contribution in [0.15, 0.2) is 53.6 Å². The average Bonchev–Trinajstić information content (AvgIpc) is 2.75. The molecule has 0 fully saturated rings. The zero-order chi connectivity index (χ0) is 23.0. The molecule has 0 radical (unpaired) electrons. The summed E-state index contributed by atoms with van der Waals surface area (Å²) in [5.74, 6) is -1.18. The van der Waals surface area contributed by atoms with Crippen LogP contribution in [0.3, 0.4) is 0 Å². The Morgan fingerprint density at radius 1 is 1.16 bits per heavy atom. The molecule has 0 aliphatic rings. The Balaban J connectivity index is 1.77.